The fourth-order valence-corrected chi connectivity index (χ4v) is 4.22. The summed E-state index contributed by atoms with van der Waals surface area (Å²) in [7, 11) is 1.64. The molecule has 5 nitrogen and oxygen atoms in total. The lowest BCUT2D eigenvalue weighted by molar-refractivity contribution is -0.115. The standard InChI is InChI=1S/C23H16ClF2N3O2S/c1-28(16-5-3-2-4-6-16)21(30)13-32-23-27-19-9-7-14(24)11-17(19)22(31)29(23)20-10-8-15(25)12-18(20)26/h2-12H,13H2,1H3. The molecule has 0 radical (unpaired) electrons. The molecule has 0 N–H and O–H groups in total. The molecule has 1 aromatic heterocycles. The van der Waals surface area contributed by atoms with Crippen LogP contribution in [0.3, 0.4) is 0 Å². The second-order valence-corrected chi connectivity index (χ2v) is 8.25. The molecule has 0 bridgehead atoms. The number of carbonyl (C=O) groups excluding carboxylic acids is 1. The number of carbonyl (C=O) groups is 1. The van der Waals surface area contributed by atoms with Gasteiger partial charge >= 0.3 is 0 Å². The number of thioether (sulfide) groups is 1. The quantitative estimate of drug-likeness (QED) is 0.301. The van der Waals surface area contributed by atoms with Crippen molar-refractivity contribution in [2.45, 2.75) is 5.16 Å². The minimum Gasteiger partial charge on any atom is -0.315 e. The van der Waals surface area contributed by atoms with Crippen molar-refractivity contribution >= 4 is 45.9 Å². The molecule has 9 heteroatoms. The maximum Gasteiger partial charge on any atom is 0.266 e. The highest BCUT2D eigenvalue weighted by Crippen LogP contribution is 2.25. The van der Waals surface area contributed by atoms with Crippen LogP contribution in [-0.2, 0) is 4.79 Å². The third-order valence-electron chi connectivity index (χ3n) is 4.79. The summed E-state index contributed by atoms with van der Waals surface area (Å²) < 4.78 is 29.1. The van der Waals surface area contributed by atoms with Gasteiger partial charge in [-0.3, -0.25) is 14.2 Å². The fourth-order valence-electron chi connectivity index (χ4n) is 3.13. The van der Waals surface area contributed by atoms with Crippen LogP contribution in [0.5, 0.6) is 0 Å². The van der Waals surface area contributed by atoms with E-state index in [0.717, 1.165) is 28.5 Å². The summed E-state index contributed by atoms with van der Waals surface area (Å²) in [5, 5.41) is 0.603. The Hall–Kier alpha value is -3.23. The monoisotopic (exact) mass is 471 g/mol. The van der Waals surface area contributed by atoms with Crippen LogP contribution in [0.2, 0.25) is 5.02 Å². The molecule has 0 atom stereocenters. The number of amides is 1. The van der Waals surface area contributed by atoms with Gasteiger partial charge in [0.1, 0.15) is 11.6 Å². The van der Waals surface area contributed by atoms with Crippen LogP contribution in [0.25, 0.3) is 16.6 Å². The first-order valence-electron chi connectivity index (χ1n) is 9.47. The van der Waals surface area contributed by atoms with Crippen LogP contribution in [0, 0.1) is 11.6 Å². The number of para-hydroxylation sites is 1. The molecule has 4 aromatic rings. The minimum absolute atomic E-state index is 0.0558. The molecule has 0 fully saturated rings. The molecule has 0 aliphatic carbocycles. The fraction of sp³-hybridized carbons (Fsp3) is 0.0870. The molecule has 3 aromatic carbocycles. The summed E-state index contributed by atoms with van der Waals surface area (Å²) in [4.78, 5) is 31.9. The summed E-state index contributed by atoms with van der Waals surface area (Å²) in [6.45, 7) is 0. The van der Waals surface area contributed by atoms with Crippen LogP contribution in [0.15, 0.2) is 76.7 Å². The van der Waals surface area contributed by atoms with E-state index in [1.165, 1.54) is 11.0 Å². The largest absolute Gasteiger partial charge is 0.315 e. The minimum atomic E-state index is -0.926. The summed E-state index contributed by atoms with van der Waals surface area (Å²) in [5.41, 5.74) is 0.317. The van der Waals surface area contributed by atoms with E-state index < -0.39 is 17.2 Å². The Kier molecular flexibility index (Phi) is 6.25. The Labute approximate surface area is 191 Å². The predicted octanol–water partition coefficient (Wildman–Crippen LogP) is 5.07. The van der Waals surface area contributed by atoms with Crippen molar-refractivity contribution in [3.8, 4) is 5.69 Å². The zero-order valence-corrected chi connectivity index (χ0v) is 18.3. The van der Waals surface area contributed by atoms with Crippen LogP contribution < -0.4 is 10.5 Å². The Balaban J connectivity index is 1.77. The molecular weight excluding hydrogens is 456 g/mol. The molecule has 32 heavy (non-hydrogen) atoms. The Morgan fingerprint density at radius 1 is 1.09 bits per heavy atom. The highest BCUT2D eigenvalue weighted by molar-refractivity contribution is 7.99. The second kappa shape index (κ2) is 9.10. The number of hydrogen-bond donors (Lipinski definition) is 0. The molecule has 1 heterocycles. The lowest BCUT2D eigenvalue weighted by Gasteiger charge is -2.18. The van der Waals surface area contributed by atoms with Gasteiger partial charge in [0.15, 0.2) is 5.16 Å². The molecule has 4 rings (SSSR count). The Morgan fingerprint density at radius 3 is 2.56 bits per heavy atom. The summed E-state index contributed by atoms with van der Waals surface area (Å²) in [5.74, 6) is -1.99. The van der Waals surface area contributed by atoms with Crippen molar-refractivity contribution in [3.63, 3.8) is 0 Å². The molecule has 0 aliphatic rings. The number of benzene rings is 3. The first-order valence-corrected chi connectivity index (χ1v) is 10.8. The molecule has 0 saturated heterocycles. The molecule has 162 valence electrons. The van der Waals surface area contributed by atoms with Crippen molar-refractivity contribution in [2.24, 2.45) is 0 Å². The number of halogens is 3. The first-order chi connectivity index (χ1) is 15.3. The molecule has 1 amide bonds. The van der Waals surface area contributed by atoms with E-state index >= 15 is 0 Å². The summed E-state index contributed by atoms with van der Waals surface area (Å²) in [6.07, 6.45) is 0. The van der Waals surface area contributed by atoms with Crippen LogP contribution in [0.4, 0.5) is 14.5 Å². The molecule has 0 aliphatic heterocycles. The van der Waals surface area contributed by atoms with E-state index in [4.69, 9.17) is 11.6 Å². The van der Waals surface area contributed by atoms with E-state index in [1.54, 1.807) is 31.3 Å². The summed E-state index contributed by atoms with van der Waals surface area (Å²) >= 11 is 7.01. The van der Waals surface area contributed by atoms with Crippen LogP contribution in [0.1, 0.15) is 0 Å². The number of anilines is 1. The van der Waals surface area contributed by atoms with E-state index in [1.807, 2.05) is 18.2 Å². The van der Waals surface area contributed by atoms with Gasteiger partial charge in [0.2, 0.25) is 5.91 Å². The van der Waals surface area contributed by atoms with Gasteiger partial charge in [0, 0.05) is 23.8 Å². The zero-order chi connectivity index (χ0) is 22.8. The Bertz CT molecular complexity index is 1380. The van der Waals surface area contributed by atoms with E-state index in [2.05, 4.69) is 4.98 Å². The zero-order valence-electron chi connectivity index (χ0n) is 16.8. The van der Waals surface area contributed by atoms with E-state index in [9.17, 15) is 18.4 Å². The smallest absolute Gasteiger partial charge is 0.266 e. The highest BCUT2D eigenvalue weighted by atomic mass is 35.5. The van der Waals surface area contributed by atoms with Crippen molar-refractivity contribution in [1.29, 1.82) is 0 Å². The third-order valence-corrected chi connectivity index (χ3v) is 5.95. The lowest BCUT2D eigenvalue weighted by atomic mass is 10.2. The molecule has 0 saturated carbocycles. The van der Waals surface area contributed by atoms with Crippen molar-refractivity contribution in [1.82, 2.24) is 9.55 Å². The third kappa shape index (κ3) is 4.37. The number of nitrogens with zero attached hydrogens (tertiary/aromatic N) is 3. The van der Waals surface area contributed by atoms with Gasteiger partial charge in [0.25, 0.3) is 5.56 Å². The highest BCUT2D eigenvalue weighted by Gasteiger charge is 2.19. The average Bonchev–Trinajstić information content (AvgIpc) is 2.79. The second-order valence-electron chi connectivity index (χ2n) is 6.87. The Morgan fingerprint density at radius 2 is 1.84 bits per heavy atom. The van der Waals surface area contributed by atoms with Gasteiger partial charge in [0.05, 0.1) is 22.3 Å². The van der Waals surface area contributed by atoms with E-state index in [0.29, 0.717) is 22.3 Å². The number of aromatic nitrogens is 2. The topological polar surface area (TPSA) is 55.2 Å². The molecule has 0 spiro atoms. The SMILES string of the molecule is CN(C(=O)CSc1nc2ccc(Cl)cc2c(=O)n1-c1ccc(F)cc1F)c1ccccc1. The van der Waals surface area contributed by atoms with Gasteiger partial charge in [-0.1, -0.05) is 41.6 Å². The van der Waals surface area contributed by atoms with Crippen LogP contribution >= 0.6 is 23.4 Å². The first kappa shape index (κ1) is 22.0. The normalized spacial score (nSPS) is 11.0. The van der Waals surface area contributed by atoms with Gasteiger partial charge in [-0.25, -0.2) is 13.8 Å². The molecule has 0 unspecified atom stereocenters. The van der Waals surface area contributed by atoms with E-state index in [-0.39, 0.29) is 27.9 Å². The lowest BCUT2D eigenvalue weighted by Crippen LogP contribution is -2.29. The van der Waals surface area contributed by atoms with Crippen molar-refractivity contribution < 1.29 is 13.6 Å². The van der Waals surface area contributed by atoms with Gasteiger partial charge in [-0.05, 0) is 42.5 Å². The van der Waals surface area contributed by atoms with Crippen molar-refractivity contribution in [2.75, 3.05) is 17.7 Å². The average molecular weight is 472 g/mol. The molecular formula is C23H16ClF2N3O2S. The van der Waals surface area contributed by atoms with Gasteiger partial charge in [-0.15, -0.1) is 0 Å². The van der Waals surface area contributed by atoms with Gasteiger partial charge in [-0.2, -0.15) is 0 Å². The van der Waals surface area contributed by atoms with Crippen LogP contribution in [-0.4, -0.2) is 28.3 Å². The number of hydrogen-bond acceptors (Lipinski definition) is 4. The maximum atomic E-state index is 14.6. The predicted molar refractivity (Wildman–Crippen MR) is 123 cm³/mol. The van der Waals surface area contributed by atoms with Crippen molar-refractivity contribution in [3.05, 3.63) is 93.7 Å². The number of fused-ring (bicyclic) bond motifs is 1. The maximum absolute atomic E-state index is 14.6. The number of rotatable bonds is 5. The van der Waals surface area contributed by atoms with Gasteiger partial charge < -0.3 is 4.90 Å². The summed E-state index contributed by atoms with van der Waals surface area (Å²) in [6, 6.07) is 16.6.